The zero-order valence-electron chi connectivity index (χ0n) is 18.0. The molecule has 3 heterocycles. The highest BCUT2D eigenvalue weighted by atomic mass is 16.6. The number of hydrogen-bond donors (Lipinski definition) is 1. The lowest BCUT2D eigenvalue weighted by molar-refractivity contribution is 0.0145. The molecule has 2 amide bonds. The van der Waals surface area contributed by atoms with Crippen LogP contribution in [0.3, 0.4) is 0 Å². The van der Waals surface area contributed by atoms with Crippen molar-refractivity contribution in [2.45, 2.75) is 44.8 Å². The van der Waals surface area contributed by atoms with Gasteiger partial charge in [0.2, 0.25) is 0 Å². The maximum atomic E-state index is 13.3. The van der Waals surface area contributed by atoms with Crippen LogP contribution < -0.4 is 5.32 Å². The standard InChI is InChI=1S/C23H27N5O3/c1-22(2,3)31-21(30)27-12-9-23(10-13-27,17-7-5-4-6-8-17)26-20(29)18-15-25-19-16-24-11-14-28(18)19/h4-8,11,14-16H,9-10,12-13H2,1-3H3,(H,26,29). The second kappa shape index (κ2) is 8.02. The second-order valence-corrected chi connectivity index (χ2v) is 8.82. The molecule has 1 fully saturated rings. The van der Waals surface area contributed by atoms with Crippen LogP contribution in [0.15, 0.2) is 55.1 Å². The summed E-state index contributed by atoms with van der Waals surface area (Å²) in [6, 6.07) is 9.91. The molecule has 1 aliphatic heterocycles. The number of fused-ring (bicyclic) bond motifs is 1. The summed E-state index contributed by atoms with van der Waals surface area (Å²) >= 11 is 0. The molecule has 0 bridgehead atoms. The van der Waals surface area contributed by atoms with Crippen molar-refractivity contribution in [2.24, 2.45) is 0 Å². The minimum atomic E-state index is -0.589. The van der Waals surface area contributed by atoms with Crippen molar-refractivity contribution in [1.29, 1.82) is 0 Å². The number of carbonyl (C=O) groups excluding carboxylic acids is 2. The van der Waals surface area contributed by atoms with Gasteiger partial charge in [0.1, 0.15) is 11.3 Å². The lowest BCUT2D eigenvalue weighted by Gasteiger charge is -2.42. The Bertz CT molecular complexity index is 1080. The second-order valence-electron chi connectivity index (χ2n) is 8.82. The van der Waals surface area contributed by atoms with Crippen LogP contribution in [-0.2, 0) is 10.3 Å². The molecule has 1 aromatic carbocycles. The number of amides is 2. The Kier molecular flexibility index (Phi) is 5.39. The van der Waals surface area contributed by atoms with Crippen LogP contribution in [-0.4, -0.2) is 50.0 Å². The van der Waals surface area contributed by atoms with Gasteiger partial charge in [-0.3, -0.25) is 14.2 Å². The predicted octanol–water partition coefficient (Wildman–Crippen LogP) is 3.39. The first-order chi connectivity index (χ1) is 14.8. The zero-order valence-corrected chi connectivity index (χ0v) is 18.0. The largest absolute Gasteiger partial charge is 0.444 e. The molecule has 8 heteroatoms. The van der Waals surface area contributed by atoms with E-state index in [-0.39, 0.29) is 12.0 Å². The fourth-order valence-corrected chi connectivity index (χ4v) is 3.93. The van der Waals surface area contributed by atoms with Crippen molar-refractivity contribution in [3.8, 4) is 0 Å². The molecule has 0 aliphatic carbocycles. The van der Waals surface area contributed by atoms with Crippen molar-refractivity contribution in [2.75, 3.05) is 13.1 Å². The Morgan fingerprint density at radius 1 is 1.10 bits per heavy atom. The van der Waals surface area contributed by atoms with Crippen molar-refractivity contribution >= 4 is 17.6 Å². The summed E-state index contributed by atoms with van der Waals surface area (Å²) < 4.78 is 7.24. The molecule has 162 valence electrons. The number of piperidine rings is 1. The molecule has 0 unspecified atom stereocenters. The lowest BCUT2D eigenvalue weighted by atomic mass is 9.80. The van der Waals surface area contributed by atoms with E-state index < -0.39 is 11.1 Å². The van der Waals surface area contributed by atoms with E-state index in [0.29, 0.717) is 37.3 Å². The molecule has 1 saturated heterocycles. The predicted molar refractivity (Wildman–Crippen MR) is 116 cm³/mol. The highest BCUT2D eigenvalue weighted by Gasteiger charge is 2.40. The average Bonchev–Trinajstić information content (AvgIpc) is 3.18. The van der Waals surface area contributed by atoms with Crippen LogP contribution in [0.4, 0.5) is 4.79 Å². The average molecular weight is 422 g/mol. The maximum absolute atomic E-state index is 13.3. The van der Waals surface area contributed by atoms with Gasteiger partial charge in [0.15, 0.2) is 5.65 Å². The lowest BCUT2D eigenvalue weighted by Crippen LogP contribution is -2.54. The molecule has 1 N–H and O–H groups in total. The van der Waals surface area contributed by atoms with Crippen molar-refractivity contribution < 1.29 is 14.3 Å². The van der Waals surface area contributed by atoms with Crippen molar-refractivity contribution in [1.82, 2.24) is 24.6 Å². The SMILES string of the molecule is CC(C)(C)OC(=O)N1CCC(NC(=O)c2cnc3cnccn23)(c2ccccc2)CC1. The molecule has 0 radical (unpaired) electrons. The Labute approximate surface area is 181 Å². The summed E-state index contributed by atoms with van der Waals surface area (Å²) in [5, 5.41) is 3.25. The van der Waals surface area contributed by atoms with Gasteiger partial charge in [-0.25, -0.2) is 9.78 Å². The Balaban J connectivity index is 1.58. The number of carbonyl (C=O) groups is 2. The smallest absolute Gasteiger partial charge is 0.410 e. The summed E-state index contributed by atoms with van der Waals surface area (Å²) in [4.78, 5) is 35.8. The minimum Gasteiger partial charge on any atom is -0.444 e. The molecular formula is C23H27N5O3. The zero-order chi connectivity index (χ0) is 22.1. The van der Waals surface area contributed by atoms with Crippen LogP contribution in [0, 0.1) is 0 Å². The molecule has 3 aromatic rings. The first-order valence-corrected chi connectivity index (χ1v) is 10.4. The third-order valence-corrected chi connectivity index (χ3v) is 5.50. The number of benzene rings is 1. The van der Waals surface area contributed by atoms with Gasteiger partial charge in [-0.05, 0) is 39.2 Å². The molecule has 2 aromatic heterocycles. The number of nitrogens with zero attached hydrogens (tertiary/aromatic N) is 4. The fraction of sp³-hybridized carbons (Fsp3) is 0.391. The van der Waals surface area contributed by atoms with Gasteiger partial charge in [-0.15, -0.1) is 0 Å². The summed E-state index contributed by atoms with van der Waals surface area (Å²) in [6.07, 6.45) is 7.36. The summed E-state index contributed by atoms with van der Waals surface area (Å²) in [6.45, 7) is 6.54. The van der Waals surface area contributed by atoms with Crippen LogP contribution >= 0.6 is 0 Å². The number of likely N-dealkylation sites (tertiary alicyclic amines) is 1. The normalized spacial score (nSPS) is 16.2. The van der Waals surface area contributed by atoms with Gasteiger partial charge in [0.25, 0.3) is 5.91 Å². The molecule has 31 heavy (non-hydrogen) atoms. The summed E-state index contributed by atoms with van der Waals surface area (Å²) in [7, 11) is 0. The van der Waals surface area contributed by atoms with Crippen LogP contribution in [0.5, 0.6) is 0 Å². The van der Waals surface area contributed by atoms with E-state index in [2.05, 4.69) is 15.3 Å². The van der Waals surface area contributed by atoms with E-state index in [1.807, 2.05) is 51.1 Å². The Hall–Kier alpha value is -3.42. The first kappa shape index (κ1) is 20.8. The molecule has 0 saturated carbocycles. The minimum absolute atomic E-state index is 0.215. The van der Waals surface area contributed by atoms with Crippen molar-refractivity contribution in [3.63, 3.8) is 0 Å². The number of aromatic nitrogens is 3. The first-order valence-electron chi connectivity index (χ1n) is 10.4. The van der Waals surface area contributed by atoms with Gasteiger partial charge in [-0.1, -0.05) is 30.3 Å². The summed E-state index contributed by atoms with van der Waals surface area (Å²) in [5.74, 6) is -0.215. The maximum Gasteiger partial charge on any atom is 0.410 e. The van der Waals surface area contributed by atoms with Gasteiger partial charge < -0.3 is 15.0 Å². The van der Waals surface area contributed by atoms with E-state index >= 15 is 0 Å². The van der Waals surface area contributed by atoms with Gasteiger partial charge in [0, 0.05) is 25.5 Å². The molecule has 1 aliphatic rings. The topological polar surface area (TPSA) is 88.8 Å². The number of ether oxygens (including phenoxy) is 1. The fourth-order valence-electron chi connectivity index (χ4n) is 3.93. The van der Waals surface area contributed by atoms with E-state index in [1.165, 1.54) is 0 Å². The van der Waals surface area contributed by atoms with Crippen molar-refractivity contribution in [3.05, 3.63) is 66.4 Å². The molecule has 4 rings (SSSR count). The Morgan fingerprint density at radius 3 is 2.48 bits per heavy atom. The van der Waals surface area contributed by atoms with Gasteiger partial charge >= 0.3 is 6.09 Å². The Morgan fingerprint density at radius 2 is 1.81 bits per heavy atom. The third kappa shape index (κ3) is 4.38. The number of imidazole rings is 1. The quantitative estimate of drug-likeness (QED) is 0.700. The van der Waals surface area contributed by atoms with E-state index in [0.717, 1.165) is 5.56 Å². The molecule has 0 spiro atoms. The molecule has 8 nitrogen and oxygen atoms in total. The molecule has 0 atom stereocenters. The van der Waals surface area contributed by atoms with Crippen LogP contribution in [0.1, 0.15) is 49.7 Å². The highest BCUT2D eigenvalue weighted by Crippen LogP contribution is 2.34. The van der Waals surface area contributed by atoms with Gasteiger partial charge in [0.05, 0.1) is 17.9 Å². The van der Waals surface area contributed by atoms with E-state index in [4.69, 9.17) is 4.74 Å². The third-order valence-electron chi connectivity index (χ3n) is 5.50. The van der Waals surface area contributed by atoms with E-state index in [9.17, 15) is 9.59 Å². The highest BCUT2D eigenvalue weighted by molar-refractivity contribution is 5.93. The number of nitrogens with one attached hydrogen (secondary N) is 1. The monoisotopic (exact) mass is 421 g/mol. The van der Waals surface area contributed by atoms with Crippen LogP contribution in [0.2, 0.25) is 0 Å². The molecular weight excluding hydrogens is 394 g/mol. The van der Waals surface area contributed by atoms with E-state index in [1.54, 1.807) is 34.1 Å². The van der Waals surface area contributed by atoms with Gasteiger partial charge in [-0.2, -0.15) is 0 Å². The number of rotatable bonds is 3. The summed E-state index contributed by atoms with van der Waals surface area (Å²) in [5.41, 5.74) is 0.941. The number of hydrogen-bond acceptors (Lipinski definition) is 5. The van der Waals surface area contributed by atoms with Crippen LogP contribution in [0.25, 0.3) is 5.65 Å².